The number of carbonyl (C=O) groups is 2. The molecule has 1 amide bonds. The first-order chi connectivity index (χ1) is 18.5. The van der Waals surface area contributed by atoms with Crippen LogP contribution in [-0.2, 0) is 9.59 Å². The smallest absolute Gasteiger partial charge is 0.300 e. The van der Waals surface area contributed by atoms with E-state index in [4.69, 9.17) is 4.99 Å². The zero-order chi connectivity index (χ0) is 28.2. The summed E-state index contributed by atoms with van der Waals surface area (Å²) in [5.74, 6) is -2.02. The van der Waals surface area contributed by atoms with Crippen LogP contribution >= 0.6 is 0 Å². The number of amides is 1. The van der Waals surface area contributed by atoms with Gasteiger partial charge in [-0.25, -0.2) is 0 Å². The third kappa shape index (κ3) is 3.73. The van der Waals surface area contributed by atoms with Gasteiger partial charge < -0.3 is 5.11 Å². The van der Waals surface area contributed by atoms with Crippen LogP contribution in [0, 0.1) is 45.9 Å². The zero-order valence-corrected chi connectivity index (χ0v) is 22.9. The lowest BCUT2D eigenvalue weighted by molar-refractivity contribution is -0.132. The normalized spacial score (nSPS) is 20.1. The number of anilines is 1. The van der Waals surface area contributed by atoms with Crippen molar-refractivity contribution in [2.24, 2.45) is 4.99 Å². The summed E-state index contributed by atoms with van der Waals surface area (Å²) in [6, 6.07) is 20.9. The van der Waals surface area contributed by atoms with E-state index < -0.39 is 17.2 Å². The van der Waals surface area contributed by atoms with Crippen molar-refractivity contribution in [1.82, 2.24) is 0 Å². The summed E-state index contributed by atoms with van der Waals surface area (Å²) in [6.07, 6.45) is 0. The van der Waals surface area contributed by atoms with Gasteiger partial charge in [-0.15, -0.1) is 0 Å². The first-order valence-corrected chi connectivity index (χ1v) is 12.8. The molecule has 0 aromatic heterocycles. The lowest BCUT2D eigenvalue weighted by Gasteiger charge is -2.37. The molecule has 0 aliphatic carbocycles. The maximum Gasteiger partial charge on any atom is 0.300 e. The van der Waals surface area contributed by atoms with Crippen molar-refractivity contribution >= 4 is 28.8 Å². The van der Waals surface area contributed by atoms with E-state index >= 15 is 0 Å². The van der Waals surface area contributed by atoms with Crippen molar-refractivity contribution in [2.75, 3.05) is 4.90 Å². The second-order valence-corrected chi connectivity index (χ2v) is 10.4. The first kappa shape index (κ1) is 25.9. The van der Waals surface area contributed by atoms with Crippen LogP contribution in [0.5, 0.6) is 0 Å². The molecule has 39 heavy (non-hydrogen) atoms. The molecule has 1 saturated heterocycles. The molecule has 1 unspecified atom stereocenters. The number of rotatable bonds is 3. The molecule has 5 rings (SSSR count). The van der Waals surface area contributed by atoms with E-state index in [0.717, 1.165) is 27.8 Å². The first-order valence-electron chi connectivity index (χ1n) is 12.8. The third-order valence-corrected chi connectivity index (χ3v) is 7.60. The summed E-state index contributed by atoms with van der Waals surface area (Å²) < 4.78 is 0. The fourth-order valence-corrected chi connectivity index (χ4v) is 5.60. The molecule has 2 aliphatic heterocycles. The van der Waals surface area contributed by atoms with Gasteiger partial charge in [-0.2, -0.15) is 5.26 Å². The van der Waals surface area contributed by atoms with E-state index in [1.54, 1.807) is 25.1 Å². The van der Waals surface area contributed by atoms with Crippen molar-refractivity contribution in [3.05, 3.63) is 116 Å². The average molecular weight is 516 g/mol. The number of allylic oxidation sites excluding steroid dienone is 1. The standard InChI is InChI=1S/C33H29N3O3/c1-18-9-13-24(14-10-18)36-32(39)30(38)28(29(37)25-15-19(2)7-11-21(25)4)33(36)27(17-34)23(6)35-31(33)26-16-20(3)8-12-22(26)5/h7-16,37H,1-6H3/b29-28-. The van der Waals surface area contributed by atoms with Gasteiger partial charge in [0.15, 0.2) is 5.54 Å². The van der Waals surface area contributed by atoms with Gasteiger partial charge in [0.25, 0.3) is 5.78 Å². The van der Waals surface area contributed by atoms with E-state index in [1.807, 2.05) is 77.1 Å². The maximum atomic E-state index is 14.0. The van der Waals surface area contributed by atoms with E-state index in [-0.39, 0.29) is 16.9 Å². The molecule has 3 aromatic carbocycles. The minimum Gasteiger partial charge on any atom is -0.507 e. The molecular formula is C33H29N3O3. The Bertz CT molecular complexity index is 1720. The van der Waals surface area contributed by atoms with Gasteiger partial charge in [-0.1, -0.05) is 53.1 Å². The summed E-state index contributed by atoms with van der Waals surface area (Å²) in [5.41, 5.74) is 4.95. The van der Waals surface area contributed by atoms with E-state index in [2.05, 4.69) is 6.07 Å². The molecule has 0 radical (unpaired) electrons. The van der Waals surface area contributed by atoms with Crippen molar-refractivity contribution in [3.63, 3.8) is 0 Å². The Kier molecular flexibility index (Phi) is 6.11. The van der Waals surface area contributed by atoms with Crippen molar-refractivity contribution in [3.8, 4) is 6.07 Å². The Morgan fingerprint density at radius 1 is 0.846 bits per heavy atom. The number of carbonyl (C=O) groups excluding carboxylic acids is 2. The minimum absolute atomic E-state index is 0.130. The van der Waals surface area contributed by atoms with Gasteiger partial charge in [0, 0.05) is 16.8 Å². The van der Waals surface area contributed by atoms with Crippen LogP contribution in [0.1, 0.15) is 45.9 Å². The molecule has 6 heteroatoms. The predicted octanol–water partition coefficient (Wildman–Crippen LogP) is 6.15. The summed E-state index contributed by atoms with van der Waals surface area (Å²) in [6.45, 7) is 11.2. The van der Waals surface area contributed by atoms with Gasteiger partial charge >= 0.3 is 5.91 Å². The van der Waals surface area contributed by atoms with Crippen molar-refractivity contribution < 1.29 is 14.7 Å². The average Bonchev–Trinajstić information content (AvgIpc) is 3.31. The van der Waals surface area contributed by atoms with Crippen LogP contribution in [0.2, 0.25) is 0 Å². The zero-order valence-electron chi connectivity index (χ0n) is 22.9. The second kappa shape index (κ2) is 9.21. The molecular weight excluding hydrogens is 486 g/mol. The molecule has 1 spiro atoms. The molecule has 1 atom stereocenters. The summed E-state index contributed by atoms with van der Waals surface area (Å²) in [5, 5.41) is 22.5. The molecule has 1 fully saturated rings. The maximum absolute atomic E-state index is 14.0. The summed E-state index contributed by atoms with van der Waals surface area (Å²) in [7, 11) is 0. The molecule has 0 bridgehead atoms. The third-order valence-electron chi connectivity index (χ3n) is 7.60. The van der Waals surface area contributed by atoms with Crippen LogP contribution in [0.3, 0.4) is 0 Å². The van der Waals surface area contributed by atoms with Gasteiger partial charge in [0.1, 0.15) is 5.76 Å². The van der Waals surface area contributed by atoms with Crippen LogP contribution in [-0.4, -0.2) is 28.0 Å². The molecule has 194 valence electrons. The van der Waals surface area contributed by atoms with Crippen LogP contribution in [0.4, 0.5) is 5.69 Å². The topological polar surface area (TPSA) is 93.8 Å². The number of hydrogen-bond acceptors (Lipinski definition) is 5. The highest BCUT2D eigenvalue weighted by atomic mass is 16.3. The summed E-state index contributed by atoms with van der Waals surface area (Å²) in [4.78, 5) is 34.2. The number of aliphatic hydroxyl groups is 1. The van der Waals surface area contributed by atoms with Gasteiger partial charge in [0.2, 0.25) is 0 Å². The molecule has 1 N–H and O–H groups in total. The van der Waals surface area contributed by atoms with E-state index in [9.17, 15) is 20.0 Å². The number of ketones is 1. The Labute approximate surface area is 228 Å². The number of nitrogens with zero attached hydrogens (tertiary/aromatic N) is 3. The summed E-state index contributed by atoms with van der Waals surface area (Å²) >= 11 is 0. The molecule has 2 heterocycles. The van der Waals surface area contributed by atoms with Crippen molar-refractivity contribution in [1.29, 1.82) is 5.26 Å². The molecule has 2 aliphatic rings. The molecule has 3 aromatic rings. The predicted molar refractivity (Wildman–Crippen MR) is 153 cm³/mol. The number of aryl methyl sites for hydroxylation is 5. The van der Waals surface area contributed by atoms with Crippen LogP contribution in [0.15, 0.2) is 82.5 Å². The number of aliphatic hydroxyl groups excluding tert-OH is 1. The van der Waals surface area contributed by atoms with Gasteiger partial charge in [-0.05, 0) is 76.9 Å². The van der Waals surface area contributed by atoms with Crippen LogP contribution < -0.4 is 4.90 Å². The number of hydrogen-bond donors (Lipinski definition) is 1. The monoisotopic (exact) mass is 515 g/mol. The molecule has 0 saturated carbocycles. The number of Topliss-reactive ketones (excluding diaryl/α,β-unsaturated/α-hetero) is 1. The van der Waals surface area contributed by atoms with Gasteiger partial charge in [0.05, 0.1) is 28.6 Å². The fourth-order valence-electron chi connectivity index (χ4n) is 5.60. The van der Waals surface area contributed by atoms with Crippen molar-refractivity contribution in [2.45, 2.75) is 47.1 Å². The Balaban J connectivity index is 1.98. The second-order valence-electron chi connectivity index (χ2n) is 10.4. The quantitative estimate of drug-likeness (QED) is 0.257. The largest absolute Gasteiger partial charge is 0.507 e. The Morgan fingerprint density at radius 3 is 2.08 bits per heavy atom. The lowest BCUT2D eigenvalue weighted by Crippen LogP contribution is -2.54. The van der Waals surface area contributed by atoms with E-state index in [0.29, 0.717) is 28.2 Å². The molecule has 6 nitrogen and oxygen atoms in total. The SMILES string of the molecule is CC1=C(C#N)C2(C(c3cc(C)ccc3C)=N1)/C(=C(\O)c1cc(C)ccc1C)C(=O)C(=O)N2c1ccc(C)cc1. The highest BCUT2D eigenvalue weighted by Crippen LogP contribution is 2.51. The Hall–Kier alpha value is -4.76. The highest BCUT2D eigenvalue weighted by molar-refractivity contribution is 6.56. The van der Waals surface area contributed by atoms with Crippen LogP contribution in [0.25, 0.3) is 5.76 Å². The minimum atomic E-state index is -1.75. The highest BCUT2D eigenvalue weighted by Gasteiger charge is 2.65. The van der Waals surface area contributed by atoms with Gasteiger partial charge in [-0.3, -0.25) is 19.5 Å². The lowest BCUT2D eigenvalue weighted by atomic mass is 9.74. The number of aliphatic imine (C=N–C) groups is 1. The van der Waals surface area contributed by atoms with E-state index in [1.165, 1.54) is 4.90 Å². The fraction of sp³-hybridized carbons (Fsp3) is 0.212. The number of benzene rings is 3. The Morgan fingerprint density at radius 2 is 1.44 bits per heavy atom. The number of nitriles is 1.